The number of nitrogens with zero attached hydrogens (tertiary/aromatic N) is 1. The van der Waals surface area contributed by atoms with Gasteiger partial charge in [-0.2, -0.15) is 0 Å². The van der Waals surface area contributed by atoms with E-state index in [-0.39, 0.29) is 5.91 Å². The average Bonchev–Trinajstić information content (AvgIpc) is 2.42. The van der Waals surface area contributed by atoms with E-state index in [0.717, 1.165) is 32.5 Å². The summed E-state index contributed by atoms with van der Waals surface area (Å²) >= 11 is 0. The Hall–Kier alpha value is -0.900. The van der Waals surface area contributed by atoms with Crippen LogP contribution in [0.4, 0.5) is 0 Å². The molecule has 0 unspecified atom stereocenters. The molecule has 0 saturated carbocycles. The first-order valence-corrected chi connectivity index (χ1v) is 5.73. The van der Waals surface area contributed by atoms with Crippen LogP contribution in [-0.2, 0) is 9.59 Å². The smallest absolute Gasteiger partial charge is 0.234 e. The second kappa shape index (κ2) is 6.56. The van der Waals surface area contributed by atoms with Gasteiger partial charge in [0.05, 0.1) is 6.54 Å². The van der Waals surface area contributed by atoms with Gasteiger partial charge in [-0.1, -0.05) is 6.92 Å². The number of rotatable bonds is 5. The molecule has 0 radical (unpaired) electrons. The monoisotopic (exact) mass is 212 g/mol. The summed E-state index contributed by atoms with van der Waals surface area (Å²) in [5.41, 5.74) is 0. The molecule has 1 amide bonds. The molecule has 86 valence electrons. The van der Waals surface area contributed by atoms with Crippen LogP contribution < -0.4 is 5.32 Å². The highest BCUT2D eigenvalue weighted by Gasteiger charge is 2.13. The Kier molecular flexibility index (Phi) is 5.32. The molecule has 0 aromatic carbocycles. The molecule has 0 spiro atoms. The highest BCUT2D eigenvalue weighted by atomic mass is 16.2. The zero-order valence-electron chi connectivity index (χ0n) is 9.42. The van der Waals surface area contributed by atoms with Crippen molar-refractivity contribution < 1.29 is 9.59 Å². The molecule has 1 heterocycles. The molecule has 1 saturated heterocycles. The van der Waals surface area contributed by atoms with Crippen LogP contribution in [0.2, 0.25) is 0 Å². The lowest BCUT2D eigenvalue weighted by Crippen LogP contribution is -2.33. The van der Waals surface area contributed by atoms with Gasteiger partial charge in [-0.3, -0.25) is 14.5 Å². The van der Waals surface area contributed by atoms with E-state index in [1.807, 2.05) is 6.92 Å². The molecule has 0 aliphatic carbocycles. The van der Waals surface area contributed by atoms with E-state index in [1.165, 1.54) is 0 Å². The maximum absolute atomic E-state index is 11.2. The molecule has 15 heavy (non-hydrogen) atoms. The van der Waals surface area contributed by atoms with Gasteiger partial charge in [0.2, 0.25) is 5.91 Å². The number of amides is 1. The van der Waals surface area contributed by atoms with E-state index < -0.39 is 0 Å². The Morgan fingerprint density at radius 2 is 2.33 bits per heavy atom. The summed E-state index contributed by atoms with van der Waals surface area (Å²) < 4.78 is 0. The van der Waals surface area contributed by atoms with Gasteiger partial charge in [-0.05, 0) is 19.4 Å². The third kappa shape index (κ3) is 4.93. The molecule has 0 bridgehead atoms. The minimum atomic E-state index is 0.106. The van der Waals surface area contributed by atoms with Crippen molar-refractivity contribution in [2.24, 2.45) is 0 Å². The number of nitrogens with one attached hydrogen (secondary N) is 1. The standard InChI is InChI=1S/C11H20N2O2/c1-2-10(14)5-3-7-13-8-4-6-12-11(15)9-13/h2-9H2,1H3,(H,12,15). The van der Waals surface area contributed by atoms with Gasteiger partial charge in [0.1, 0.15) is 5.78 Å². The second-order valence-electron chi connectivity index (χ2n) is 3.98. The van der Waals surface area contributed by atoms with Crippen LogP contribution in [0.25, 0.3) is 0 Å². The van der Waals surface area contributed by atoms with Crippen LogP contribution in [0.3, 0.4) is 0 Å². The van der Waals surface area contributed by atoms with Crippen molar-refractivity contribution in [3.05, 3.63) is 0 Å². The molecular formula is C11H20N2O2. The predicted octanol–water partition coefficient (Wildman–Crippen LogP) is 0.568. The molecular weight excluding hydrogens is 192 g/mol. The van der Waals surface area contributed by atoms with E-state index in [1.54, 1.807) is 0 Å². The first kappa shape index (κ1) is 12.2. The van der Waals surface area contributed by atoms with Gasteiger partial charge in [-0.25, -0.2) is 0 Å². The highest BCUT2D eigenvalue weighted by Crippen LogP contribution is 2.01. The Balaban J connectivity index is 2.19. The number of Topliss-reactive ketones (excluding diaryl/α,β-unsaturated/α-hetero) is 1. The second-order valence-corrected chi connectivity index (χ2v) is 3.98. The normalized spacial score (nSPS) is 18.3. The van der Waals surface area contributed by atoms with E-state index in [2.05, 4.69) is 10.2 Å². The molecule has 1 N–H and O–H groups in total. The fourth-order valence-corrected chi connectivity index (χ4v) is 1.74. The summed E-state index contributed by atoms with van der Waals surface area (Å²) in [6, 6.07) is 0. The number of hydrogen-bond acceptors (Lipinski definition) is 3. The third-order valence-electron chi connectivity index (χ3n) is 2.66. The van der Waals surface area contributed by atoms with Crippen molar-refractivity contribution in [1.29, 1.82) is 0 Å². The largest absolute Gasteiger partial charge is 0.355 e. The fourth-order valence-electron chi connectivity index (χ4n) is 1.74. The quantitative estimate of drug-likeness (QED) is 0.724. The van der Waals surface area contributed by atoms with Crippen LogP contribution >= 0.6 is 0 Å². The van der Waals surface area contributed by atoms with Crippen LogP contribution in [0.1, 0.15) is 32.6 Å². The SMILES string of the molecule is CCC(=O)CCCN1CCCNC(=O)C1. The summed E-state index contributed by atoms with van der Waals surface area (Å²) in [7, 11) is 0. The molecule has 0 atom stereocenters. The molecule has 1 aliphatic heterocycles. The number of hydrogen-bond donors (Lipinski definition) is 1. The molecule has 1 rings (SSSR count). The molecule has 0 aromatic rings. The fraction of sp³-hybridized carbons (Fsp3) is 0.818. The highest BCUT2D eigenvalue weighted by molar-refractivity contribution is 5.78. The van der Waals surface area contributed by atoms with Gasteiger partial charge in [0, 0.05) is 25.9 Å². The van der Waals surface area contributed by atoms with Crippen LogP contribution in [0, 0.1) is 0 Å². The topological polar surface area (TPSA) is 49.4 Å². The summed E-state index contributed by atoms with van der Waals surface area (Å²) in [5.74, 6) is 0.420. The summed E-state index contributed by atoms with van der Waals surface area (Å²) in [5, 5.41) is 2.84. The van der Waals surface area contributed by atoms with Crippen molar-refractivity contribution in [3.8, 4) is 0 Å². The van der Waals surface area contributed by atoms with E-state index in [4.69, 9.17) is 0 Å². The third-order valence-corrected chi connectivity index (χ3v) is 2.66. The van der Waals surface area contributed by atoms with Gasteiger partial charge >= 0.3 is 0 Å². The first-order valence-electron chi connectivity index (χ1n) is 5.73. The minimum Gasteiger partial charge on any atom is -0.355 e. The molecule has 1 aliphatic rings. The van der Waals surface area contributed by atoms with Gasteiger partial charge in [0.25, 0.3) is 0 Å². The summed E-state index contributed by atoms with van der Waals surface area (Å²) in [6.07, 6.45) is 3.16. The van der Waals surface area contributed by atoms with Crippen LogP contribution in [0.15, 0.2) is 0 Å². The van der Waals surface area contributed by atoms with Crippen molar-refractivity contribution in [2.45, 2.75) is 32.6 Å². The van der Waals surface area contributed by atoms with Crippen molar-refractivity contribution >= 4 is 11.7 Å². The lowest BCUT2D eigenvalue weighted by molar-refractivity contribution is -0.121. The zero-order chi connectivity index (χ0) is 11.1. The Labute approximate surface area is 91.0 Å². The average molecular weight is 212 g/mol. The Morgan fingerprint density at radius 3 is 3.07 bits per heavy atom. The van der Waals surface area contributed by atoms with Crippen molar-refractivity contribution in [1.82, 2.24) is 10.2 Å². The number of carbonyl (C=O) groups excluding carboxylic acids is 2. The van der Waals surface area contributed by atoms with Crippen molar-refractivity contribution in [3.63, 3.8) is 0 Å². The molecule has 4 nitrogen and oxygen atoms in total. The molecule has 0 aromatic heterocycles. The summed E-state index contributed by atoms with van der Waals surface area (Å²) in [6.45, 7) is 4.98. The van der Waals surface area contributed by atoms with E-state index in [0.29, 0.717) is 25.2 Å². The predicted molar refractivity (Wildman–Crippen MR) is 58.6 cm³/mol. The lowest BCUT2D eigenvalue weighted by Gasteiger charge is -2.17. The first-order chi connectivity index (χ1) is 7.22. The number of ketones is 1. The van der Waals surface area contributed by atoms with Crippen LogP contribution in [-0.4, -0.2) is 42.8 Å². The zero-order valence-corrected chi connectivity index (χ0v) is 9.42. The Bertz CT molecular complexity index is 229. The molecule has 1 fully saturated rings. The van der Waals surface area contributed by atoms with Gasteiger partial charge < -0.3 is 5.32 Å². The van der Waals surface area contributed by atoms with Crippen LogP contribution in [0.5, 0.6) is 0 Å². The lowest BCUT2D eigenvalue weighted by atomic mass is 10.2. The maximum Gasteiger partial charge on any atom is 0.234 e. The maximum atomic E-state index is 11.2. The van der Waals surface area contributed by atoms with E-state index >= 15 is 0 Å². The summed E-state index contributed by atoms with van der Waals surface area (Å²) in [4.78, 5) is 24.4. The van der Waals surface area contributed by atoms with Gasteiger partial charge in [-0.15, -0.1) is 0 Å². The minimum absolute atomic E-state index is 0.106. The van der Waals surface area contributed by atoms with Crippen molar-refractivity contribution in [2.75, 3.05) is 26.2 Å². The van der Waals surface area contributed by atoms with Gasteiger partial charge in [0.15, 0.2) is 0 Å². The molecule has 4 heteroatoms. The van der Waals surface area contributed by atoms with E-state index in [9.17, 15) is 9.59 Å². The number of carbonyl (C=O) groups is 2. The Morgan fingerprint density at radius 1 is 1.53 bits per heavy atom.